The summed E-state index contributed by atoms with van der Waals surface area (Å²) in [6, 6.07) is 28.2. The van der Waals surface area contributed by atoms with Gasteiger partial charge in [-0.2, -0.15) is 0 Å². The number of benzene rings is 4. The molecule has 11 heteroatoms. The molecule has 0 aliphatic heterocycles. The van der Waals surface area contributed by atoms with Crippen LogP contribution in [0.5, 0.6) is 5.75 Å². The van der Waals surface area contributed by atoms with Crippen LogP contribution in [0.3, 0.4) is 0 Å². The van der Waals surface area contributed by atoms with Crippen LogP contribution in [0, 0.1) is 12.8 Å². The van der Waals surface area contributed by atoms with E-state index >= 15 is 0 Å². The molecule has 1 aliphatic carbocycles. The molecule has 0 bridgehead atoms. The van der Waals surface area contributed by atoms with Crippen LogP contribution in [0.4, 0.5) is 0 Å². The van der Waals surface area contributed by atoms with Gasteiger partial charge in [-0.3, -0.25) is 28.3 Å². The van der Waals surface area contributed by atoms with Crippen LogP contribution in [0.1, 0.15) is 99.8 Å². The van der Waals surface area contributed by atoms with Gasteiger partial charge in [-0.05, 0) is 103 Å². The lowest BCUT2D eigenvalue weighted by Crippen LogP contribution is -2.30. The standard InChI is InChI=1S/C52H54N6O5/c1-31(15-14-16-33(3)48-54-50-45(47(60)39-20-11-13-22-42(39)56(50)5)52(62)58(48)35-25-27-37(63-6)28-26-35)40-30-36(24-23-32(40)2)57-43(29-34-17-8-7-9-18-34)53-49-44(51(57)61)46(59)38-19-10-12-21-41(38)55(49)4/h10-13,19-28,30-31,33-34H,7-9,14-18,29H2,1-6H3. The Kier molecular flexibility index (Phi) is 11.2. The van der Waals surface area contributed by atoms with Gasteiger partial charge in [-0.25, -0.2) is 9.97 Å². The van der Waals surface area contributed by atoms with Gasteiger partial charge in [0.2, 0.25) is 10.9 Å². The molecule has 2 unspecified atom stereocenters. The van der Waals surface area contributed by atoms with Crippen molar-refractivity contribution in [1.82, 2.24) is 28.2 Å². The summed E-state index contributed by atoms with van der Waals surface area (Å²) in [5.74, 6) is 2.33. The van der Waals surface area contributed by atoms with Crippen molar-refractivity contribution in [1.29, 1.82) is 0 Å². The lowest BCUT2D eigenvalue weighted by molar-refractivity contribution is 0.349. The minimum atomic E-state index is -0.397. The first-order chi connectivity index (χ1) is 30.5. The van der Waals surface area contributed by atoms with E-state index in [4.69, 9.17) is 14.7 Å². The Morgan fingerprint density at radius 2 is 1.22 bits per heavy atom. The molecule has 322 valence electrons. The number of pyridine rings is 2. The molecule has 63 heavy (non-hydrogen) atoms. The summed E-state index contributed by atoms with van der Waals surface area (Å²) in [6.45, 7) is 6.40. The number of methoxy groups -OCH3 is 1. The van der Waals surface area contributed by atoms with Crippen molar-refractivity contribution in [3.05, 3.63) is 155 Å². The minimum absolute atomic E-state index is 0.0586. The lowest BCUT2D eigenvalue weighted by atomic mass is 9.86. The van der Waals surface area contributed by atoms with Crippen molar-refractivity contribution >= 4 is 43.9 Å². The van der Waals surface area contributed by atoms with E-state index in [0.717, 1.165) is 54.4 Å². The van der Waals surface area contributed by atoms with Crippen molar-refractivity contribution in [2.24, 2.45) is 20.0 Å². The third-order valence-electron chi connectivity index (χ3n) is 13.6. The highest BCUT2D eigenvalue weighted by molar-refractivity contribution is 5.92. The smallest absolute Gasteiger partial charge is 0.271 e. The number of aromatic nitrogens is 6. The predicted octanol–water partition coefficient (Wildman–Crippen LogP) is 9.31. The molecule has 4 heterocycles. The topological polar surface area (TPSA) is 123 Å². The first-order valence-electron chi connectivity index (χ1n) is 22.3. The van der Waals surface area contributed by atoms with E-state index in [2.05, 4.69) is 32.9 Å². The Bertz CT molecular complexity index is 3320. The molecule has 1 saturated carbocycles. The zero-order valence-corrected chi connectivity index (χ0v) is 37.0. The molecule has 0 amide bonds. The number of ether oxygens (including phenoxy) is 1. The maximum Gasteiger partial charge on any atom is 0.271 e. The fourth-order valence-electron chi connectivity index (χ4n) is 10.1. The summed E-state index contributed by atoms with van der Waals surface area (Å²) < 4.78 is 12.5. The second-order valence-electron chi connectivity index (χ2n) is 17.7. The van der Waals surface area contributed by atoms with Gasteiger partial charge in [0.15, 0.2) is 11.3 Å². The fourth-order valence-corrected chi connectivity index (χ4v) is 10.1. The molecular formula is C52H54N6O5. The van der Waals surface area contributed by atoms with Crippen LogP contribution < -0.4 is 26.7 Å². The lowest BCUT2D eigenvalue weighted by Gasteiger charge is -2.24. The number of rotatable bonds is 11. The molecule has 2 atom stereocenters. The molecule has 0 radical (unpaired) electrons. The molecule has 11 nitrogen and oxygen atoms in total. The quantitative estimate of drug-likeness (QED) is 0.119. The van der Waals surface area contributed by atoms with E-state index < -0.39 is 5.56 Å². The second-order valence-corrected chi connectivity index (χ2v) is 17.7. The van der Waals surface area contributed by atoms with E-state index in [1.165, 1.54) is 19.3 Å². The largest absolute Gasteiger partial charge is 0.497 e. The second kappa shape index (κ2) is 16.9. The van der Waals surface area contributed by atoms with E-state index in [-0.39, 0.29) is 39.0 Å². The molecule has 8 aromatic rings. The van der Waals surface area contributed by atoms with Crippen LogP contribution in [0.25, 0.3) is 55.2 Å². The van der Waals surface area contributed by atoms with E-state index in [1.807, 2.05) is 71.8 Å². The van der Waals surface area contributed by atoms with E-state index in [1.54, 1.807) is 46.6 Å². The number of aryl methyl sites for hydroxylation is 3. The fraction of sp³-hybridized carbons (Fsp3) is 0.346. The van der Waals surface area contributed by atoms with Crippen LogP contribution in [-0.4, -0.2) is 35.3 Å². The van der Waals surface area contributed by atoms with E-state index in [0.29, 0.717) is 63.0 Å². The molecule has 0 N–H and O–H groups in total. The first-order valence-corrected chi connectivity index (χ1v) is 22.3. The van der Waals surface area contributed by atoms with Crippen molar-refractivity contribution in [3.8, 4) is 17.1 Å². The monoisotopic (exact) mass is 842 g/mol. The van der Waals surface area contributed by atoms with Gasteiger partial charge < -0.3 is 13.9 Å². The zero-order valence-electron chi connectivity index (χ0n) is 37.0. The Hall–Kier alpha value is -6.62. The summed E-state index contributed by atoms with van der Waals surface area (Å²) in [5, 5.41) is 1.14. The Morgan fingerprint density at radius 1 is 0.667 bits per heavy atom. The Morgan fingerprint density at radius 3 is 1.84 bits per heavy atom. The number of hydrogen-bond acceptors (Lipinski definition) is 7. The number of nitrogens with zero attached hydrogens (tertiary/aromatic N) is 6. The van der Waals surface area contributed by atoms with Crippen molar-refractivity contribution in [2.75, 3.05) is 7.11 Å². The van der Waals surface area contributed by atoms with Crippen LogP contribution >= 0.6 is 0 Å². The third kappa shape index (κ3) is 7.36. The maximum atomic E-state index is 14.8. The highest BCUT2D eigenvalue weighted by Crippen LogP contribution is 2.32. The minimum Gasteiger partial charge on any atom is -0.497 e. The highest BCUT2D eigenvalue weighted by Gasteiger charge is 2.25. The summed E-state index contributed by atoms with van der Waals surface area (Å²) in [7, 11) is 5.33. The molecule has 4 aromatic heterocycles. The third-order valence-corrected chi connectivity index (χ3v) is 13.6. The number of fused-ring (bicyclic) bond motifs is 4. The van der Waals surface area contributed by atoms with Gasteiger partial charge in [0.05, 0.1) is 29.5 Å². The average Bonchev–Trinajstić information content (AvgIpc) is 3.30. The SMILES string of the molecule is COc1ccc(-n2c(C(C)CCCC(C)c3cc(-n4c(CC5CCCCC5)nc5c(c(=O)c6ccccc6n5C)c4=O)ccc3C)nc3c(c(=O)c4ccccc4n3C)c2=O)cc1. The van der Waals surface area contributed by atoms with Gasteiger partial charge in [0.25, 0.3) is 11.1 Å². The Labute approximate surface area is 365 Å². The Balaban J connectivity index is 1.06. The summed E-state index contributed by atoms with van der Waals surface area (Å²) in [6.07, 6.45) is 8.82. The summed E-state index contributed by atoms with van der Waals surface area (Å²) >= 11 is 0. The summed E-state index contributed by atoms with van der Waals surface area (Å²) in [5.41, 5.74) is 4.49. The highest BCUT2D eigenvalue weighted by atomic mass is 16.5. The van der Waals surface area contributed by atoms with E-state index in [9.17, 15) is 19.2 Å². The van der Waals surface area contributed by atoms with Gasteiger partial charge in [-0.15, -0.1) is 0 Å². The molecule has 1 fully saturated rings. The summed E-state index contributed by atoms with van der Waals surface area (Å²) in [4.78, 5) is 67.5. The average molecular weight is 843 g/mol. The van der Waals surface area contributed by atoms with Crippen LogP contribution in [0.15, 0.2) is 110 Å². The van der Waals surface area contributed by atoms with Crippen LogP contribution in [0.2, 0.25) is 0 Å². The van der Waals surface area contributed by atoms with Gasteiger partial charge >= 0.3 is 0 Å². The molecule has 1 aliphatic rings. The zero-order chi connectivity index (χ0) is 44.1. The normalized spacial score (nSPS) is 14.5. The van der Waals surface area contributed by atoms with Gasteiger partial charge in [0, 0.05) is 37.2 Å². The number of hydrogen-bond donors (Lipinski definition) is 0. The number of para-hydroxylation sites is 2. The molecule has 0 saturated heterocycles. The van der Waals surface area contributed by atoms with Crippen molar-refractivity contribution in [3.63, 3.8) is 0 Å². The molecule has 0 spiro atoms. The molecular weight excluding hydrogens is 789 g/mol. The van der Waals surface area contributed by atoms with Crippen molar-refractivity contribution < 1.29 is 4.74 Å². The maximum absolute atomic E-state index is 14.8. The molecule has 9 rings (SSSR count). The van der Waals surface area contributed by atoms with Crippen molar-refractivity contribution in [2.45, 2.75) is 90.4 Å². The van der Waals surface area contributed by atoms with Gasteiger partial charge in [0.1, 0.15) is 28.2 Å². The van der Waals surface area contributed by atoms with Crippen LogP contribution in [-0.2, 0) is 20.5 Å². The first kappa shape index (κ1) is 41.7. The van der Waals surface area contributed by atoms with Gasteiger partial charge in [-0.1, -0.05) is 82.7 Å². The predicted molar refractivity (Wildman–Crippen MR) is 252 cm³/mol. The molecule has 4 aromatic carbocycles.